The van der Waals surface area contributed by atoms with Gasteiger partial charge in [-0.2, -0.15) is 0 Å². The van der Waals surface area contributed by atoms with Gasteiger partial charge in [-0.25, -0.2) is 4.98 Å². The zero-order valence-corrected chi connectivity index (χ0v) is 19.0. The van der Waals surface area contributed by atoms with Crippen molar-refractivity contribution in [2.24, 2.45) is 11.8 Å². The molecule has 2 heterocycles. The van der Waals surface area contributed by atoms with Crippen LogP contribution in [0.1, 0.15) is 54.8 Å². The molecule has 0 atom stereocenters. The van der Waals surface area contributed by atoms with Crippen LogP contribution in [0, 0.1) is 18.8 Å². The van der Waals surface area contributed by atoms with Crippen molar-refractivity contribution >= 4 is 28.8 Å². The predicted molar refractivity (Wildman–Crippen MR) is 124 cm³/mol. The van der Waals surface area contributed by atoms with E-state index in [4.69, 9.17) is 0 Å². The number of hydrogen-bond acceptors (Lipinski definition) is 5. The van der Waals surface area contributed by atoms with Crippen molar-refractivity contribution in [1.82, 2.24) is 15.2 Å². The fourth-order valence-corrected chi connectivity index (χ4v) is 5.19. The largest absolute Gasteiger partial charge is 0.352 e. The highest BCUT2D eigenvalue weighted by atomic mass is 32.1. The zero-order valence-electron chi connectivity index (χ0n) is 18.2. The quantitative estimate of drug-likeness (QED) is 0.680. The van der Waals surface area contributed by atoms with Crippen LogP contribution in [0.25, 0.3) is 0 Å². The van der Waals surface area contributed by atoms with Crippen molar-refractivity contribution in [3.05, 3.63) is 45.9 Å². The second kappa shape index (κ2) is 10.4. The molecule has 7 heteroatoms. The molecule has 6 nitrogen and oxygen atoms in total. The van der Waals surface area contributed by atoms with Gasteiger partial charge in [0.1, 0.15) is 0 Å². The molecule has 1 aromatic carbocycles. The van der Waals surface area contributed by atoms with Gasteiger partial charge in [0, 0.05) is 36.0 Å². The Hall–Kier alpha value is -2.25. The molecule has 0 unspecified atom stereocenters. The Balaban J connectivity index is 1.21. The first kappa shape index (κ1) is 22.0. The maximum atomic E-state index is 12.7. The van der Waals surface area contributed by atoms with Gasteiger partial charge in [0.05, 0.1) is 10.7 Å². The summed E-state index contributed by atoms with van der Waals surface area (Å²) in [7, 11) is 0. The van der Waals surface area contributed by atoms with Crippen LogP contribution in [0.3, 0.4) is 0 Å². The van der Waals surface area contributed by atoms with E-state index in [0.29, 0.717) is 6.54 Å². The van der Waals surface area contributed by atoms with Gasteiger partial charge in [-0.05, 0) is 63.4 Å². The molecular weight excluding hydrogens is 408 g/mol. The van der Waals surface area contributed by atoms with Crippen LogP contribution >= 0.6 is 11.3 Å². The predicted octanol–water partition coefficient (Wildman–Crippen LogP) is 4.11. The molecule has 2 N–H and O–H groups in total. The van der Waals surface area contributed by atoms with Gasteiger partial charge in [-0.3, -0.25) is 14.5 Å². The summed E-state index contributed by atoms with van der Waals surface area (Å²) < 4.78 is 0. The lowest BCUT2D eigenvalue weighted by atomic mass is 9.95. The fraction of sp³-hybridized carbons (Fsp3) is 0.542. The number of carbonyl (C=O) groups excluding carboxylic acids is 2. The lowest BCUT2D eigenvalue weighted by Crippen LogP contribution is -2.40. The van der Waals surface area contributed by atoms with E-state index in [1.54, 1.807) is 11.3 Å². The van der Waals surface area contributed by atoms with Crippen molar-refractivity contribution in [1.29, 1.82) is 0 Å². The van der Waals surface area contributed by atoms with Crippen LogP contribution in [0.2, 0.25) is 0 Å². The molecule has 4 rings (SSSR count). The molecule has 2 amide bonds. The molecule has 1 aliphatic carbocycles. The van der Waals surface area contributed by atoms with E-state index in [9.17, 15) is 9.59 Å². The SMILES string of the molecule is Cc1nc(CN2CCC(C(=O)NCc3cccc(NC(=O)C4CCCC4)c3)CC2)cs1. The Morgan fingerprint density at radius 2 is 1.84 bits per heavy atom. The van der Waals surface area contributed by atoms with Crippen molar-refractivity contribution in [3.63, 3.8) is 0 Å². The van der Waals surface area contributed by atoms with Crippen LogP contribution in [-0.2, 0) is 22.7 Å². The Kier molecular flexibility index (Phi) is 7.35. The van der Waals surface area contributed by atoms with E-state index >= 15 is 0 Å². The number of hydrogen-bond donors (Lipinski definition) is 2. The van der Waals surface area contributed by atoms with Crippen LogP contribution in [0.5, 0.6) is 0 Å². The Bertz CT molecular complexity index is 898. The lowest BCUT2D eigenvalue weighted by molar-refractivity contribution is -0.126. The number of benzene rings is 1. The molecule has 2 aliphatic rings. The summed E-state index contributed by atoms with van der Waals surface area (Å²) in [6.45, 7) is 5.25. The van der Waals surface area contributed by atoms with Crippen LogP contribution in [0.15, 0.2) is 29.6 Å². The molecule has 0 bridgehead atoms. The van der Waals surface area contributed by atoms with Crippen molar-refractivity contribution in [2.75, 3.05) is 18.4 Å². The first-order valence-electron chi connectivity index (χ1n) is 11.4. The normalized spacial score (nSPS) is 18.2. The Morgan fingerprint density at radius 3 is 2.55 bits per heavy atom. The number of likely N-dealkylation sites (tertiary alicyclic amines) is 1. The summed E-state index contributed by atoms with van der Waals surface area (Å²) in [5.41, 5.74) is 2.95. The molecule has 1 saturated carbocycles. The molecule has 0 spiro atoms. The van der Waals surface area contributed by atoms with E-state index in [1.165, 1.54) is 0 Å². The van der Waals surface area contributed by atoms with Gasteiger partial charge < -0.3 is 10.6 Å². The molecule has 1 aliphatic heterocycles. The van der Waals surface area contributed by atoms with E-state index in [-0.39, 0.29) is 23.7 Å². The third-order valence-electron chi connectivity index (χ3n) is 6.40. The maximum absolute atomic E-state index is 12.7. The fourth-order valence-electron chi connectivity index (χ4n) is 4.59. The van der Waals surface area contributed by atoms with E-state index < -0.39 is 0 Å². The lowest BCUT2D eigenvalue weighted by Gasteiger charge is -2.30. The molecule has 2 fully saturated rings. The monoisotopic (exact) mass is 440 g/mol. The van der Waals surface area contributed by atoms with E-state index in [1.807, 2.05) is 31.2 Å². The van der Waals surface area contributed by atoms with Crippen molar-refractivity contribution in [2.45, 2.75) is 58.5 Å². The summed E-state index contributed by atoms with van der Waals surface area (Å²) >= 11 is 1.69. The molecule has 0 radical (unpaired) electrons. The minimum atomic E-state index is 0.0682. The molecule has 1 saturated heterocycles. The average Bonchev–Trinajstić information content (AvgIpc) is 3.45. The summed E-state index contributed by atoms with van der Waals surface area (Å²) in [6, 6.07) is 7.80. The minimum absolute atomic E-state index is 0.0682. The van der Waals surface area contributed by atoms with Crippen molar-refractivity contribution in [3.8, 4) is 0 Å². The van der Waals surface area contributed by atoms with Crippen LogP contribution in [-0.4, -0.2) is 34.8 Å². The van der Waals surface area contributed by atoms with E-state index in [0.717, 1.165) is 80.1 Å². The number of carbonyl (C=O) groups is 2. The third kappa shape index (κ3) is 6.14. The van der Waals surface area contributed by atoms with Crippen molar-refractivity contribution < 1.29 is 9.59 Å². The maximum Gasteiger partial charge on any atom is 0.227 e. The number of amides is 2. The van der Waals surface area contributed by atoms with Crippen LogP contribution < -0.4 is 10.6 Å². The Morgan fingerprint density at radius 1 is 1.10 bits per heavy atom. The van der Waals surface area contributed by atoms with Gasteiger partial charge in [0.2, 0.25) is 11.8 Å². The molecular formula is C24H32N4O2S. The Labute approximate surface area is 188 Å². The van der Waals surface area contributed by atoms with Gasteiger partial charge >= 0.3 is 0 Å². The minimum Gasteiger partial charge on any atom is -0.352 e. The number of rotatable bonds is 7. The third-order valence-corrected chi connectivity index (χ3v) is 7.22. The number of aromatic nitrogens is 1. The van der Waals surface area contributed by atoms with Crippen LogP contribution in [0.4, 0.5) is 5.69 Å². The summed E-state index contributed by atoms with van der Waals surface area (Å²) in [4.78, 5) is 31.9. The number of piperidine rings is 1. The second-order valence-electron chi connectivity index (χ2n) is 8.80. The van der Waals surface area contributed by atoms with Gasteiger partial charge in [0.15, 0.2) is 0 Å². The van der Waals surface area contributed by atoms with Gasteiger partial charge in [0.25, 0.3) is 0 Å². The first-order chi connectivity index (χ1) is 15.1. The number of thiazole rings is 1. The van der Waals surface area contributed by atoms with Gasteiger partial charge in [-0.15, -0.1) is 11.3 Å². The standard InChI is InChI=1S/C24H32N4O2S/c1-17-26-22(16-31-17)15-28-11-9-20(10-12-28)23(29)25-14-18-5-4-8-21(13-18)27-24(30)19-6-2-3-7-19/h4-5,8,13,16,19-20H,2-3,6-7,9-12,14-15H2,1H3,(H,25,29)(H,27,30). The van der Waals surface area contributed by atoms with Gasteiger partial charge in [-0.1, -0.05) is 25.0 Å². The number of nitrogens with zero attached hydrogens (tertiary/aromatic N) is 2. The number of anilines is 1. The van der Waals surface area contributed by atoms with E-state index in [2.05, 4.69) is 25.9 Å². The smallest absolute Gasteiger partial charge is 0.227 e. The molecule has 2 aromatic rings. The first-order valence-corrected chi connectivity index (χ1v) is 12.3. The second-order valence-corrected chi connectivity index (χ2v) is 9.86. The molecule has 31 heavy (non-hydrogen) atoms. The highest BCUT2D eigenvalue weighted by molar-refractivity contribution is 7.09. The highest BCUT2D eigenvalue weighted by Gasteiger charge is 2.25. The summed E-state index contributed by atoms with van der Waals surface area (Å²) in [5.74, 6) is 0.468. The summed E-state index contributed by atoms with van der Waals surface area (Å²) in [5, 5.41) is 9.36. The zero-order chi connectivity index (χ0) is 21.6. The average molecular weight is 441 g/mol. The highest BCUT2D eigenvalue weighted by Crippen LogP contribution is 2.26. The number of aryl methyl sites for hydroxylation is 1. The topological polar surface area (TPSA) is 74.3 Å². The summed E-state index contributed by atoms with van der Waals surface area (Å²) in [6.07, 6.45) is 6.04. The molecule has 166 valence electrons. The molecule has 1 aromatic heterocycles. The number of nitrogens with one attached hydrogen (secondary N) is 2.